The fraction of sp³-hybridized carbons (Fsp3) is 0.417. The van der Waals surface area contributed by atoms with E-state index < -0.39 is 5.97 Å². The molecule has 0 aliphatic carbocycles. The third-order valence-corrected chi connectivity index (χ3v) is 2.65. The van der Waals surface area contributed by atoms with Crippen molar-refractivity contribution < 1.29 is 14.6 Å². The molecular formula is C12H15NO3. The lowest BCUT2D eigenvalue weighted by Crippen LogP contribution is -2.17. The van der Waals surface area contributed by atoms with Crippen LogP contribution >= 0.6 is 0 Å². The fourth-order valence-electron chi connectivity index (χ4n) is 1.89. The molecule has 0 bridgehead atoms. The summed E-state index contributed by atoms with van der Waals surface area (Å²) in [6, 6.07) is 7.60. The van der Waals surface area contributed by atoms with Crippen LogP contribution in [0.2, 0.25) is 0 Å². The van der Waals surface area contributed by atoms with Gasteiger partial charge >= 0.3 is 5.97 Å². The zero-order chi connectivity index (χ0) is 11.4. The Kier molecular flexibility index (Phi) is 3.29. The number of rotatable bonds is 4. The Bertz CT molecular complexity index is 372. The second-order valence-corrected chi connectivity index (χ2v) is 3.87. The molecule has 16 heavy (non-hydrogen) atoms. The van der Waals surface area contributed by atoms with Gasteiger partial charge in [0.25, 0.3) is 0 Å². The number of hydrogen-bond donors (Lipinski definition) is 1. The van der Waals surface area contributed by atoms with E-state index >= 15 is 0 Å². The molecule has 4 nitrogen and oxygen atoms in total. The summed E-state index contributed by atoms with van der Waals surface area (Å²) in [6.07, 6.45) is 2.44. The van der Waals surface area contributed by atoms with E-state index in [0.29, 0.717) is 5.75 Å². The van der Waals surface area contributed by atoms with Crippen molar-refractivity contribution in [3.05, 3.63) is 24.3 Å². The zero-order valence-electron chi connectivity index (χ0n) is 9.06. The van der Waals surface area contributed by atoms with Crippen molar-refractivity contribution in [3.8, 4) is 5.75 Å². The van der Waals surface area contributed by atoms with Crippen LogP contribution in [0.15, 0.2) is 24.3 Å². The third-order valence-electron chi connectivity index (χ3n) is 2.65. The van der Waals surface area contributed by atoms with Gasteiger partial charge in [-0.2, -0.15) is 0 Å². The maximum Gasteiger partial charge on any atom is 0.341 e. The third kappa shape index (κ3) is 2.66. The number of carboxylic acids is 1. The highest BCUT2D eigenvalue weighted by molar-refractivity contribution is 5.68. The summed E-state index contributed by atoms with van der Waals surface area (Å²) >= 11 is 0. The molecule has 1 fully saturated rings. The van der Waals surface area contributed by atoms with Crippen LogP contribution in [-0.2, 0) is 4.79 Å². The molecule has 0 atom stereocenters. The predicted octanol–water partition coefficient (Wildman–Crippen LogP) is 1.75. The number of benzene rings is 1. The Hall–Kier alpha value is -1.71. The second kappa shape index (κ2) is 4.88. The van der Waals surface area contributed by atoms with Crippen molar-refractivity contribution in [1.82, 2.24) is 0 Å². The van der Waals surface area contributed by atoms with Crippen molar-refractivity contribution in [2.75, 3.05) is 24.6 Å². The van der Waals surface area contributed by atoms with Gasteiger partial charge in [0.1, 0.15) is 5.75 Å². The summed E-state index contributed by atoms with van der Waals surface area (Å²) < 4.78 is 5.14. The molecule has 1 aromatic rings. The largest absolute Gasteiger partial charge is 0.482 e. The summed E-state index contributed by atoms with van der Waals surface area (Å²) in [6.45, 7) is 1.86. The predicted molar refractivity (Wildman–Crippen MR) is 61.0 cm³/mol. The summed E-state index contributed by atoms with van der Waals surface area (Å²) in [7, 11) is 0. The first-order chi connectivity index (χ1) is 7.75. The fourth-order valence-corrected chi connectivity index (χ4v) is 1.89. The number of nitrogens with zero attached hydrogens (tertiary/aromatic N) is 1. The minimum atomic E-state index is -0.952. The molecule has 1 heterocycles. The lowest BCUT2D eigenvalue weighted by atomic mass is 10.3. The van der Waals surface area contributed by atoms with E-state index in [2.05, 4.69) is 4.90 Å². The summed E-state index contributed by atoms with van der Waals surface area (Å²) in [5, 5.41) is 8.52. The summed E-state index contributed by atoms with van der Waals surface area (Å²) in [4.78, 5) is 12.7. The van der Waals surface area contributed by atoms with Gasteiger partial charge in [0.05, 0.1) is 0 Å². The van der Waals surface area contributed by atoms with Crippen molar-refractivity contribution >= 4 is 11.7 Å². The molecule has 0 aromatic heterocycles. The van der Waals surface area contributed by atoms with Crippen LogP contribution in [0.4, 0.5) is 5.69 Å². The average Bonchev–Trinajstić information content (AvgIpc) is 2.80. The summed E-state index contributed by atoms with van der Waals surface area (Å²) in [5.41, 5.74) is 1.11. The molecule has 0 saturated carbocycles. The van der Waals surface area contributed by atoms with Crippen LogP contribution in [0.25, 0.3) is 0 Å². The molecule has 0 unspecified atom stereocenters. The Morgan fingerprint density at radius 3 is 2.81 bits per heavy atom. The van der Waals surface area contributed by atoms with Gasteiger partial charge in [-0.1, -0.05) is 6.07 Å². The molecule has 1 aliphatic rings. The highest BCUT2D eigenvalue weighted by Crippen LogP contribution is 2.24. The van der Waals surface area contributed by atoms with E-state index in [1.54, 1.807) is 6.07 Å². The van der Waals surface area contributed by atoms with Crippen molar-refractivity contribution in [1.29, 1.82) is 0 Å². The SMILES string of the molecule is O=C(O)COc1cccc(N2CCCC2)c1. The first kappa shape index (κ1) is 10.8. The monoisotopic (exact) mass is 221 g/mol. The molecule has 1 saturated heterocycles. The topological polar surface area (TPSA) is 49.8 Å². The Morgan fingerprint density at radius 1 is 1.38 bits per heavy atom. The van der Waals surface area contributed by atoms with Gasteiger partial charge in [-0.25, -0.2) is 4.79 Å². The smallest absolute Gasteiger partial charge is 0.341 e. The van der Waals surface area contributed by atoms with Crippen LogP contribution < -0.4 is 9.64 Å². The highest BCUT2D eigenvalue weighted by atomic mass is 16.5. The molecule has 0 spiro atoms. The van der Waals surface area contributed by atoms with Gasteiger partial charge in [0.2, 0.25) is 0 Å². The molecule has 1 N–H and O–H groups in total. The second-order valence-electron chi connectivity index (χ2n) is 3.87. The Morgan fingerprint density at radius 2 is 2.12 bits per heavy atom. The quantitative estimate of drug-likeness (QED) is 0.841. The van der Waals surface area contributed by atoms with Crippen LogP contribution in [0.5, 0.6) is 5.75 Å². The van der Waals surface area contributed by atoms with Gasteiger partial charge in [0, 0.05) is 24.8 Å². The molecule has 86 valence electrons. The number of hydrogen-bond acceptors (Lipinski definition) is 3. The van der Waals surface area contributed by atoms with E-state index in [0.717, 1.165) is 18.8 Å². The molecule has 0 radical (unpaired) electrons. The molecule has 0 amide bonds. The Balaban J connectivity index is 2.03. The normalized spacial score (nSPS) is 15.1. The standard InChI is InChI=1S/C12H15NO3/c14-12(15)9-16-11-5-3-4-10(8-11)13-6-1-2-7-13/h3-5,8H,1-2,6-7,9H2,(H,14,15). The first-order valence-corrected chi connectivity index (χ1v) is 5.45. The van der Waals surface area contributed by atoms with Gasteiger partial charge in [-0.15, -0.1) is 0 Å². The minimum absolute atomic E-state index is 0.288. The first-order valence-electron chi connectivity index (χ1n) is 5.45. The van der Waals surface area contributed by atoms with Crippen molar-refractivity contribution in [3.63, 3.8) is 0 Å². The molecule has 4 heteroatoms. The van der Waals surface area contributed by atoms with Gasteiger partial charge in [-0.3, -0.25) is 0 Å². The number of aliphatic carboxylic acids is 1. The van der Waals surface area contributed by atoms with E-state index in [-0.39, 0.29) is 6.61 Å². The maximum atomic E-state index is 10.4. The number of ether oxygens (including phenoxy) is 1. The lowest BCUT2D eigenvalue weighted by Gasteiger charge is -2.18. The molecule has 2 rings (SSSR count). The lowest BCUT2D eigenvalue weighted by molar-refractivity contribution is -0.139. The van der Waals surface area contributed by atoms with E-state index in [4.69, 9.17) is 9.84 Å². The van der Waals surface area contributed by atoms with Crippen molar-refractivity contribution in [2.45, 2.75) is 12.8 Å². The van der Waals surface area contributed by atoms with Crippen LogP contribution in [0, 0.1) is 0 Å². The van der Waals surface area contributed by atoms with Crippen LogP contribution in [0.1, 0.15) is 12.8 Å². The zero-order valence-corrected chi connectivity index (χ0v) is 9.06. The van der Waals surface area contributed by atoms with E-state index in [1.165, 1.54) is 12.8 Å². The maximum absolute atomic E-state index is 10.4. The average molecular weight is 221 g/mol. The van der Waals surface area contributed by atoms with Crippen LogP contribution in [0.3, 0.4) is 0 Å². The molecular weight excluding hydrogens is 206 g/mol. The highest BCUT2D eigenvalue weighted by Gasteiger charge is 2.12. The number of anilines is 1. The minimum Gasteiger partial charge on any atom is -0.482 e. The van der Waals surface area contributed by atoms with Gasteiger partial charge < -0.3 is 14.7 Å². The van der Waals surface area contributed by atoms with Gasteiger partial charge in [0.15, 0.2) is 6.61 Å². The Labute approximate surface area is 94.4 Å². The van der Waals surface area contributed by atoms with Crippen molar-refractivity contribution in [2.24, 2.45) is 0 Å². The number of carbonyl (C=O) groups is 1. The van der Waals surface area contributed by atoms with Crippen LogP contribution in [-0.4, -0.2) is 30.8 Å². The molecule has 1 aromatic carbocycles. The van der Waals surface area contributed by atoms with E-state index in [1.807, 2.05) is 18.2 Å². The van der Waals surface area contributed by atoms with E-state index in [9.17, 15) is 4.79 Å². The van der Waals surface area contributed by atoms with Gasteiger partial charge in [-0.05, 0) is 25.0 Å². The summed E-state index contributed by atoms with van der Waals surface area (Å²) in [5.74, 6) is -0.335. The number of carboxylic acid groups (broad SMARTS) is 1. The molecule has 1 aliphatic heterocycles.